The Bertz CT molecular complexity index is 638. The van der Waals surface area contributed by atoms with Crippen LogP contribution >= 0.6 is 0 Å². The molecule has 0 heterocycles. The number of ether oxygens (including phenoxy) is 1. The maximum absolute atomic E-state index is 13.3. The minimum Gasteiger partial charge on any atom is -0.469 e. The van der Waals surface area contributed by atoms with Crippen LogP contribution in [-0.4, -0.2) is 18.9 Å². The van der Waals surface area contributed by atoms with Gasteiger partial charge in [-0.15, -0.1) is 0 Å². The van der Waals surface area contributed by atoms with Gasteiger partial charge in [0.2, 0.25) is 0 Å². The summed E-state index contributed by atoms with van der Waals surface area (Å²) in [5.74, 6) is 3.04. The number of carbonyl (C=O) groups excluding carboxylic acids is 2. The van der Waals surface area contributed by atoms with Crippen LogP contribution in [0.1, 0.15) is 91.9 Å². The minimum absolute atomic E-state index is 0.0924. The molecule has 0 aliphatic heterocycles. The Labute approximate surface area is 178 Å². The first-order valence-corrected chi connectivity index (χ1v) is 12.2. The summed E-state index contributed by atoms with van der Waals surface area (Å²) < 4.78 is 4.80. The molecular weight excluding hydrogens is 360 g/mol. The number of carbonyl (C=O) groups is 2. The average molecular weight is 403 g/mol. The quantitative estimate of drug-likeness (QED) is 0.406. The second-order valence-electron chi connectivity index (χ2n) is 10.3. The molecule has 3 fully saturated rings. The van der Waals surface area contributed by atoms with E-state index in [2.05, 4.69) is 26.0 Å². The highest BCUT2D eigenvalue weighted by atomic mass is 16.5. The zero-order valence-corrected chi connectivity index (χ0v) is 19.3. The fraction of sp³-hybridized carbons (Fsp3) is 0.846. The lowest BCUT2D eigenvalue weighted by molar-refractivity contribution is -0.150. The highest BCUT2D eigenvalue weighted by Crippen LogP contribution is 2.66. The maximum Gasteiger partial charge on any atom is 0.305 e. The minimum atomic E-state index is -0.0924. The van der Waals surface area contributed by atoms with Crippen LogP contribution in [0.25, 0.3) is 0 Å². The molecule has 3 nitrogen and oxygen atoms in total. The summed E-state index contributed by atoms with van der Waals surface area (Å²) in [5, 5.41) is 0. The van der Waals surface area contributed by atoms with E-state index in [0.717, 1.165) is 19.3 Å². The number of methoxy groups -OCH3 is 1. The molecule has 0 spiro atoms. The summed E-state index contributed by atoms with van der Waals surface area (Å²) in [4.78, 5) is 24.7. The van der Waals surface area contributed by atoms with E-state index in [1.807, 2.05) is 13.8 Å². The van der Waals surface area contributed by atoms with E-state index in [1.54, 1.807) is 0 Å². The van der Waals surface area contributed by atoms with Crippen molar-refractivity contribution in [1.82, 2.24) is 0 Å². The van der Waals surface area contributed by atoms with E-state index in [4.69, 9.17) is 4.74 Å². The topological polar surface area (TPSA) is 43.4 Å². The van der Waals surface area contributed by atoms with Crippen molar-refractivity contribution < 1.29 is 14.3 Å². The highest BCUT2D eigenvalue weighted by Gasteiger charge is 2.61. The lowest BCUT2D eigenvalue weighted by atomic mass is 9.45. The predicted molar refractivity (Wildman–Crippen MR) is 117 cm³/mol. The van der Waals surface area contributed by atoms with Crippen molar-refractivity contribution in [2.75, 3.05) is 7.11 Å². The zero-order chi connectivity index (χ0) is 21.2. The molecule has 0 saturated heterocycles. The van der Waals surface area contributed by atoms with Gasteiger partial charge < -0.3 is 4.74 Å². The van der Waals surface area contributed by atoms with Gasteiger partial charge in [-0.25, -0.2) is 0 Å². The first-order chi connectivity index (χ1) is 13.9. The molecule has 0 bridgehead atoms. The van der Waals surface area contributed by atoms with Gasteiger partial charge in [-0.2, -0.15) is 0 Å². The Balaban J connectivity index is 0.00000117. The molecule has 4 rings (SSSR count). The Morgan fingerprint density at radius 2 is 1.83 bits per heavy atom. The van der Waals surface area contributed by atoms with Crippen LogP contribution in [0.2, 0.25) is 0 Å². The van der Waals surface area contributed by atoms with Crippen LogP contribution in [0.3, 0.4) is 0 Å². The summed E-state index contributed by atoms with van der Waals surface area (Å²) in [7, 11) is 1.47. The van der Waals surface area contributed by atoms with Gasteiger partial charge in [0, 0.05) is 18.8 Å². The molecule has 7 atom stereocenters. The van der Waals surface area contributed by atoms with Gasteiger partial charge in [-0.3, -0.25) is 9.59 Å². The fourth-order valence-corrected chi connectivity index (χ4v) is 7.68. The Hall–Kier alpha value is -1.12. The number of esters is 1. The molecule has 164 valence electrons. The largest absolute Gasteiger partial charge is 0.469 e. The number of hydrogen-bond donors (Lipinski definition) is 0. The van der Waals surface area contributed by atoms with Gasteiger partial charge in [0.25, 0.3) is 0 Å². The number of rotatable bonds is 4. The summed E-state index contributed by atoms with van der Waals surface area (Å²) in [6.07, 6.45) is 15.4. The number of Topliss-reactive ketones (excluding diaryl/α,β-unsaturated/α-hetero) is 1. The third kappa shape index (κ3) is 3.83. The normalized spacial score (nSPS) is 42.8. The third-order valence-electron chi connectivity index (χ3n) is 9.33. The molecule has 4 aliphatic rings. The number of ketones is 1. The molecule has 4 aliphatic carbocycles. The predicted octanol–water partition coefficient (Wildman–Crippen LogP) is 6.36. The van der Waals surface area contributed by atoms with Crippen LogP contribution < -0.4 is 0 Å². The number of allylic oxidation sites excluding steroid dienone is 2. The second kappa shape index (κ2) is 8.94. The SMILES string of the molecule is CC.COC(=O)CCCC1CCC2C3C(=O)CC4C=CCCC4(C)C3CCC12C. The molecule has 3 heteroatoms. The van der Waals surface area contributed by atoms with Crippen LogP contribution in [0, 0.1) is 40.4 Å². The lowest BCUT2D eigenvalue weighted by Gasteiger charge is -2.58. The first-order valence-electron chi connectivity index (χ1n) is 12.2. The molecule has 7 unspecified atom stereocenters. The molecule has 29 heavy (non-hydrogen) atoms. The number of fused-ring (bicyclic) bond motifs is 5. The van der Waals surface area contributed by atoms with Gasteiger partial charge in [0.1, 0.15) is 5.78 Å². The van der Waals surface area contributed by atoms with Crippen LogP contribution in [0.15, 0.2) is 12.2 Å². The van der Waals surface area contributed by atoms with Gasteiger partial charge in [-0.05, 0) is 85.9 Å². The van der Waals surface area contributed by atoms with Crippen molar-refractivity contribution in [3.63, 3.8) is 0 Å². The van der Waals surface area contributed by atoms with E-state index < -0.39 is 0 Å². The zero-order valence-electron chi connectivity index (χ0n) is 19.3. The molecule has 3 saturated carbocycles. The Morgan fingerprint density at radius 3 is 2.55 bits per heavy atom. The summed E-state index contributed by atoms with van der Waals surface area (Å²) >= 11 is 0. The van der Waals surface area contributed by atoms with Crippen LogP contribution in [-0.2, 0) is 14.3 Å². The summed E-state index contributed by atoms with van der Waals surface area (Å²) in [5.41, 5.74) is 0.623. The average Bonchev–Trinajstić information content (AvgIpc) is 3.06. The van der Waals surface area contributed by atoms with Crippen molar-refractivity contribution in [3.8, 4) is 0 Å². The summed E-state index contributed by atoms with van der Waals surface area (Å²) in [6, 6.07) is 0. The molecule has 0 aromatic carbocycles. The fourth-order valence-electron chi connectivity index (χ4n) is 7.68. The molecule has 0 aromatic heterocycles. The van der Waals surface area contributed by atoms with Gasteiger partial charge in [0.15, 0.2) is 0 Å². The van der Waals surface area contributed by atoms with Gasteiger partial charge in [0.05, 0.1) is 7.11 Å². The van der Waals surface area contributed by atoms with Crippen molar-refractivity contribution >= 4 is 11.8 Å². The molecule has 0 amide bonds. The smallest absolute Gasteiger partial charge is 0.305 e. The van der Waals surface area contributed by atoms with Crippen LogP contribution in [0.5, 0.6) is 0 Å². The van der Waals surface area contributed by atoms with Crippen molar-refractivity contribution in [1.29, 1.82) is 0 Å². The number of hydrogen-bond acceptors (Lipinski definition) is 3. The van der Waals surface area contributed by atoms with Crippen LogP contribution in [0.4, 0.5) is 0 Å². The van der Waals surface area contributed by atoms with Gasteiger partial charge >= 0.3 is 5.97 Å². The Morgan fingerprint density at radius 1 is 1.10 bits per heavy atom. The molecular formula is C26H42O3. The molecule has 0 N–H and O–H groups in total. The van der Waals surface area contributed by atoms with E-state index in [-0.39, 0.29) is 5.97 Å². The van der Waals surface area contributed by atoms with Crippen molar-refractivity contribution in [2.24, 2.45) is 40.4 Å². The monoisotopic (exact) mass is 402 g/mol. The molecule has 0 aromatic rings. The Kier molecular flexibility index (Phi) is 6.95. The van der Waals surface area contributed by atoms with E-state index in [0.29, 0.717) is 52.6 Å². The summed E-state index contributed by atoms with van der Waals surface area (Å²) in [6.45, 7) is 8.95. The van der Waals surface area contributed by atoms with Gasteiger partial charge in [-0.1, -0.05) is 39.8 Å². The maximum atomic E-state index is 13.3. The third-order valence-corrected chi connectivity index (χ3v) is 9.33. The van der Waals surface area contributed by atoms with Crippen molar-refractivity contribution in [2.45, 2.75) is 91.9 Å². The standard InChI is InChI=1S/C24H36O3.C2H6/c1-23-13-5-4-7-17(23)15-20(25)22-18-11-10-16(8-6-9-21(26)27-3)24(18,2)14-12-19(22)23;1-2/h4,7,16-19,22H,5-6,8-15H2,1-3H3;1-2H3. The van der Waals surface area contributed by atoms with E-state index >= 15 is 0 Å². The lowest BCUT2D eigenvalue weighted by Crippen LogP contribution is -2.55. The molecule has 0 radical (unpaired) electrons. The van der Waals surface area contributed by atoms with Crippen molar-refractivity contribution in [3.05, 3.63) is 12.2 Å². The van der Waals surface area contributed by atoms with E-state index in [9.17, 15) is 9.59 Å². The van der Waals surface area contributed by atoms with E-state index in [1.165, 1.54) is 45.6 Å². The first kappa shape index (κ1) is 22.6. The highest BCUT2D eigenvalue weighted by molar-refractivity contribution is 5.83. The second-order valence-corrected chi connectivity index (χ2v) is 10.3.